The number of hydrazine groups is 1. The van der Waals surface area contributed by atoms with Crippen LogP contribution in [0, 0.1) is 5.92 Å². The first-order valence-corrected chi connectivity index (χ1v) is 13.5. The van der Waals surface area contributed by atoms with Crippen molar-refractivity contribution < 1.29 is 14.7 Å². The van der Waals surface area contributed by atoms with Crippen LogP contribution in [0.3, 0.4) is 0 Å². The second kappa shape index (κ2) is 10.3. The first kappa shape index (κ1) is 23.9. The molecule has 2 aliphatic rings. The van der Waals surface area contributed by atoms with Crippen LogP contribution in [0.4, 0.5) is 0 Å². The molecule has 0 aromatic carbocycles. The van der Waals surface area contributed by atoms with E-state index >= 15 is 0 Å². The fourth-order valence-electron chi connectivity index (χ4n) is 4.00. The lowest BCUT2D eigenvalue weighted by Gasteiger charge is -2.30. The van der Waals surface area contributed by atoms with Gasteiger partial charge >= 0.3 is 0 Å². The van der Waals surface area contributed by atoms with E-state index in [2.05, 4.69) is 36.3 Å². The highest BCUT2D eigenvalue weighted by Gasteiger charge is 2.31. The van der Waals surface area contributed by atoms with Crippen LogP contribution in [0.25, 0.3) is 0 Å². The molecular weight excluding hydrogens is 438 g/mol. The summed E-state index contributed by atoms with van der Waals surface area (Å²) in [5, 5.41) is 10.3. The third kappa shape index (κ3) is 5.94. The third-order valence-electron chi connectivity index (χ3n) is 5.57. The largest absolute Gasteiger partial charge is 0.388 e. The molecule has 9 heteroatoms. The normalized spacial score (nSPS) is 24.2. The minimum atomic E-state index is -0.496. The van der Waals surface area contributed by atoms with E-state index in [9.17, 15) is 14.7 Å². The Balaban J connectivity index is 1.51. The molecule has 0 spiro atoms. The van der Waals surface area contributed by atoms with Crippen LogP contribution in [0.15, 0.2) is 4.21 Å². The van der Waals surface area contributed by atoms with Crippen molar-refractivity contribution in [3.63, 3.8) is 0 Å². The van der Waals surface area contributed by atoms with Gasteiger partial charge < -0.3 is 5.11 Å². The van der Waals surface area contributed by atoms with Crippen molar-refractivity contribution in [2.24, 2.45) is 5.92 Å². The first-order valence-electron chi connectivity index (χ1n) is 10.6. The van der Waals surface area contributed by atoms with E-state index in [-0.39, 0.29) is 22.5 Å². The summed E-state index contributed by atoms with van der Waals surface area (Å²) in [5.74, 6) is -0.458. The lowest BCUT2D eigenvalue weighted by atomic mass is 9.86. The zero-order valence-electron chi connectivity index (χ0n) is 18.2. The van der Waals surface area contributed by atoms with E-state index in [1.54, 1.807) is 23.7 Å². The van der Waals surface area contributed by atoms with E-state index in [4.69, 9.17) is 0 Å². The zero-order valence-corrected chi connectivity index (χ0v) is 20.6. The van der Waals surface area contributed by atoms with Gasteiger partial charge in [0.15, 0.2) is 0 Å². The van der Waals surface area contributed by atoms with Gasteiger partial charge in [-0.05, 0) is 77.5 Å². The number of aliphatic hydroxyl groups is 1. The smallest absolute Gasteiger partial charge is 0.280 e. The van der Waals surface area contributed by atoms with E-state index < -0.39 is 6.10 Å². The second-order valence-electron chi connectivity index (χ2n) is 9.05. The Hall–Kier alpha value is -0.740. The van der Waals surface area contributed by atoms with E-state index in [0.29, 0.717) is 10.9 Å². The SMILES string of the molecule is CSc1sc(C(=O)NNC(=O)C2CCC(NSC(C)(C)C)CC2)c2c1C(O)CCC2. The van der Waals surface area contributed by atoms with E-state index in [0.717, 1.165) is 60.3 Å². The molecule has 0 radical (unpaired) electrons. The van der Waals surface area contributed by atoms with Crippen LogP contribution in [0.2, 0.25) is 0 Å². The molecule has 1 fully saturated rings. The quantitative estimate of drug-likeness (QED) is 0.292. The van der Waals surface area contributed by atoms with Gasteiger partial charge in [-0.1, -0.05) is 11.9 Å². The first-order chi connectivity index (χ1) is 14.2. The fourth-order valence-corrected chi connectivity index (χ4v) is 6.85. The Bertz CT molecular complexity index is 768. The summed E-state index contributed by atoms with van der Waals surface area (Å²) < 4.78 is 4.69. The number of thiophene rings is 1. The van der Waals surface area contributed by atoms with Gasteiger partial charge in [0.25, 0.3) is 5.91 Å². The summed E-state index contributed by atoms with van der Waals surface area (Å²) >= 11 is 4.72. The summed E-state index contributed by atoms with van der Waals surface area (Å²) in [6.07, 6.45) is 7.43. The lowest BCUT2D eigenvalue weighted by molar-refractivity contribution is -0.126. The highest BCUT2D eigenvalue weighted by atomic mass is 32.2. The molecule has 1 aromatic rings. The van der Waals surface area contributed by atoms with Gasteiger partial charge in [-0.3, -0.25) is 25.2 Å². The number of thioether (sulfide) groups is 1. The second-order valence-corrected chi connectivity index (χ2v) is 12.8. The molecule has 1 saturated carbocycles. The summed E-state index contributed by atoms with van der Waals surface area (Å²) in [6.45, 7) is 6.54. The number of carbonyl (C=O) groups is 2. The van der Waals surface area contributed by atoms with Crippen molar-refractivity contribution in [1.29, 1.82) is 0 Å². The molecule has 30 heavy (non-hydrogen) atoms. The number of rotatable bonds is 5. The zero-order chi connectivity index (χ0) is 21.9. The van der Waals surface area contributed by atoms with Gasteiger partial charge in [-0.25, -0.2) is 0 Å². The molecule has 1 aromatic heterocycles. The Morgan fingerprint density at radius 3 is 2.43 bits per heavy atom. The van der Waals surface area contributed by atoms with E-state index in [1.165, 1.54) is 11.3 Å². The highest BCUT2D eigenvalue weighted by molar-refractivity contribution is 8.00. The minimum absolute atomic E-state index is 0.0659. The Morgan fingerprint density at radius 2 is 1.80 bits per heavy atom. The van der Waals surface area contributed by atoms with Crippen LogP contribution >= 0.6 is 35.0 Å². The molecule has 0 saturated heterocycles. The van der Waals surface area contributed by atoms with Gasteiger partial charge in [0.2, 0.25) is 5.91 Å². The molecule has 6 nitrogen and oxygen atoms in total. The highest BCUT2D eigenvalue weighted by Crippen LogP contribution is 2.43. The van der Waals surface area contributed by atoms with Gasteiger partial charge in [-0.15, -0.1) is 23.1 Å². The Morgan fingerprint density at radius 1 is 1.10 bits per heavy atom. The number of fused-ring (bicyclic) bond motifs is 1. The molecule has 4 N–H and O–H groups in total. The van der Waals surface area contributed by atoms with Gasteiger partial charge in [0, 0.05) is 22.3 Å². The standard InChI is InChI=1S/C21H33N3O3S3/c1-21(2,3)30-24-13-10-8-12(9-11-13)18(26)22-23-19(27)17-14-6-5-7-15(25)16(14)20(28-4)29-17/h12-13,15,24-25H,5-11H2,1-4H3,(H,22,26)(H,23,27). The van der Waals surface area contributed by atoms with Crippen molar-refractivity contribution in [3.8, 4) is 0 Å². The molecule has 2 amide bonds. The molecule has 2 aliphatic carbocycles. The maximum atomic E-state index is 12.8. The molecule has 1 atom stereocenters. The lowest BCUT2D eigenvalue weighted by Crippen LogP contribution is -2.46. The topological polar surface area (TPSA) is 90.5 Å². The average Bonchev–Trinajstić information content (AvgIpc) is 3.10. The summed E-state index contributed by atoms with van der Waals surface area (Å²) in [4.78, 5) is 25.9. The number of hydrogen-bond acceptors (Lipinski definition) is 7. The maximum absolute atomic E-state index is 12.8. The van der Waals surface area contributed by atoms with Gasteiger partial charge in [-0.2, -0.15) is 0 Å². The number of nitrogens with one attached hydrogen (secondary N) is 3. The predicted molar refractivity (Wildman–Crippen MR) is 126 cm³/mol. The Labute approximate surface area is 191 Å². The number of aliphatic hydroxyl groups excluding tert-OH is 1. The van der Waals surface area contributed by atoms with Crippen molar-refractivity contribution >= 4 is 46.9 Å². The van der Waals surface area contributed by atoms with Crippen LogP contribution in [-0.4, -0.2) is 34.0 Å². The monoisotopic (exact) mass is 471 g/mol. The molecule has 3 rings (SSSR count). The summed E-state index contributed by atoms with van der Waals surface area (Å²) in [7, 11) is 0. The van der Waals surface area contributed by atoms with Crippen LogP contribution in [-0.2, 0) is 11.2 Å². The van der Waals surface area contributed by atoms with Gasteiger partial charge in [0.05, 0.1) is 15.2 Å². The Kier molecular flexibility index (Phi) is 8.17. The van der Waals surface area contributed by atoms with Crippen LogP contribution in [0.5, 0.6) is 0 Å². The predicted octanol–water partition coefficient (Wildman–Crippen LogP) is 4.20. The molecule has 1 unspecified atom stereocenters. The average molecular weight is 472 g/mol. The summed E-state index contributed by atoms with van der Waals surface area (Å²) in [5.41, 5.74) is 7.11. The van der Waals surface area contributed by atoms with E-state index in [1.807, 2.05) is 6.26 Å². The number of hydrogen-bond donors (Lipinski definition) is 4. The van der Waals surface area contributed by atoms with Crippen molar-refractivity contribution in [3.05, 3.63) is 16.0 Å². The molecule has 0 bridgehead atoms. The molecule has 0 aliphatic heterocycles. The van der Waals surface area contributed by atoms with Crippen molar-refractivity contribution in [2.45, 2.75) is 86.8 Å². The molecule has 168 valence electrons. The molecule has 1 heterocycles. The third-order valence-corrected chi connectivity index (χ3v) is 9.02. The minimum Gasteiger partial charge on any atom is -0.388 e. The fraction of sp³-hybridized carbons (Fsp3) is 0.714. The van der Waals surface area contributed by atoms with Crippen LogP contribution < -0.4 is 15.6 Å². The molecular formula is C21H33N3O3S3. The van der Waals surface area contributed by atoms with Crippen molar-refractivity contribution in [2.75, 3.05) is 6.26 Å². The van der Waals surface area contributed by atoms with Gasteiger partial charge in [0.1, 0.15) is 0 Å². The number of amides is 2. The maximum Gasteiger partial charge on any atom is 0.280 e. The summed E-state index contributed by atoms with van der Waals surface area (Å²) in [6, 6.07) is 0.432. The van der Waals surface area contributed by atoms with Crippen molar-refractivity contribution in [1.82, 2.24) is 15.6 Å². The van der Waals surface area contributed by atoms with Crippen LogP contribution in [0.1, 0.15) is 86.2 Å². The number of carbonyl (C=O) groups excluding carboxylic acids is 2.